The number of benzene rings is 2. The number of hydrogen-bond donors (Lipinski definition) is 1. The number of nitrogens with one attached hydrogen (secondary N) is 1. The molecule has 1 N–H and O–H groups in total. The summed E-state index contributed by atoms with van der Waals surface area (Å²) in [5.41, 5.74) is 0.684. The van der Waals surface area contributed by atoms with E-state index in [2.05, 4.69) is 10.1 Å². The zero-order valence-electron chi connectivity index (χ0n) is 14.3. The molecule has 1 heterocycles. The number of sulfonamides is 1. The number of carbonyl (C=O) groups is 1. The minimum absolute atomic E-state index is 0.188. The fourth-order valence-electron chi connectivity index (χ4n) is 3.54. The molecular weight excluding hydrogens is 397 g/mol. The summed E-state index contributed by atoms with van der Waals surface area (Å²) in [4.78, 5) is 12.8. The highest BCUT2D eigenvalue weighted by Gasteiger charge is 2.75. The number of alkyl halides is 3. The van der Waals surface area contributed by atoms with Gasteiger partial charge in [0, 0.05) is 18.2 Å². The maximum Gasteiger partial charge on any atom is 0.573 e. The lowest BCUT2D eigenvalue weighted by atomic mass is 10.2. The van der Waals surface area contributed by atoms with E-state index in [0.717, 1.165) is 12.1 Å². The number of carbonyl (C=O) groups excluding carboxylic acids is 1. The van der Waals surface area contributed by atoms with Gasteiger partial charge in [-0.05, 0) is 42.8 Å². The molecule has 1 aliphatic carbocycles. The minimum Gasteiger partial charge on any atom is -0.406 e. The van der Waals surface area contributed by atoms with Crippen LogP contribution in [0.1, 0.15) is 6.42 Å². The van der Waals surface area contributed by atoms with Gasteiger partial charge in [0.15, 0.2) is 4.75 Å². The largest absolute Gasteiger partial charge is 0.573 e. The van der Waals surface area contributed by atoms with E-state index < -0.39 is 32.8 Å². The van der Waals surface area contributed by atoms with Crippen molar-refractivity contribution in [3.8, 4) is 5.75 Å². The van der Waals surface area contributed by atoms with Crippen LogP contribution < -0.4 is 14.4 Å². The number of nitrogens with zero attached hydrogens (tertiary/aromatic N) is 1. The second-order valence-electron chi connectivity index (χ2n) is 6.69. The summed E-state index contributed by atoms with van der Waals surface area (Å²) < 4.78 is 66.1. The lowest BCUT2D eigenvalue weighted by Crippen LogP contribution is -2.42. The Hall–Kier alpha value is -2.75. The van der Waals surface area contributed by atoms with Crippen LogP contribution in [-0.2, 0) is 14.8 Å². The van der Waals surface area contributed by atoms with Gasteiger partial charge in [-0.15, -0.1) is 13.2 Å². The first kappa shape index (κ1) is 18.6. The number of para-hydroxylation sites is 1. The molecule has 1 saturated carbocycles. The highest BCUT2D eigenvalue weighted by molar-refractivity contribution is 7.95. The Balaban J connectivity index is 1.52. The molecule has 0 unspecified atom stereocenters. The van der Waals surface area contributed by atoms with Crippen molar-refractivity contribution >= 4 is 27.3 Å². The third-order valence-electron chi connectivity index (χ3n) is 4.96. The number of fused-ring (bicyclic) bond motifs is 1. The molecule has 28 heavy (non-hydrogen) atoms. The molecule has 1 aliphatic heterocycles. The van der Waals surface area contributed by atoms with E-state index in [-0.39, 0.29) is 24.6 Å². The van der Waals surface area contributed by atoms with Gasteiger partial charge < -0.3 is 10.1 Å². The Labute approximate surface area is 159 Å². The number of rotatable bonds is 4. The lowest BCUT2D eigenvalue weighted by Gasteiger charge is -2.23. The van der Waals surface area contributed by atoms with E-state index in [1.807, 2.05) is 0 Å². The Kier molecular flexibility index (Phi) is 4.07. The zero-order chi connectivity index (χ0) is 20.2. The summed E-state index contributed by atoms with van der Waals surface area (Å²) in [6.45, 7) is 0.220. The molecule has 0 bridgehead atoms. The molecule has 1 saturated heterocycles. The number of anilines is 2. The van der Waals surface area contributed by atoms with Crippen LogP contribution in [0.4, 0.5) is 24.5 Å². The van der Waals surface area contributed by atoms with Crippen LogP contribution in [-0.4, -0.2) is 32.0 Å². The number of ether oxygens (including phenoxy) is 1. The van der Waals surface area contributed by atoms with Crippen molar-refractivity contribution in [2.75, 3.05) is 16.2 Å². The van der Waals surface area contributed by atoms with Crippen molar-refractivity contribution in [3.63, 3.8) is 0 Å². The summed E-state index contributed by atoms with van der Waals surface area (Å²) in [5.74, 6) is -1.44. The maximum absolute atomic E-state index is 13.0. The SMILES string of the molecule is O=C(Nc1ccc(OC(F)(F)F)cc1)[C@@]12C[C@H]1CN(c1ccccc1)S2(=O)=O. The van der Waals surface area contributed by atoms with Crippen molar-refractivity contribution in [1.82, 2.24) is 0 Å². The molecule has 6 nitrogen and oxygen atoms in total. The smallest absolute Gasteiger partial charge is 0.406 e. The zero-order valence-corrected chi connectivity index (χ0v) is 15.1. The van der Waals surface area contributed by atoms with Crippen LogP contribution in [0.15, 0.2) is 54.6 Å². The number of amides is 1. The van der Waals surface area contributed by atoms with Gasteiger partial charge in [-0.2, -0.15) is 0 Å². The molecule has 0 aromatic heterocycles. The molecule has 2 atom stereocenters. The molecule has 148 valence electrons. The van der Waals surface area contributed by atoms with Crippen molar-refractivity contribution in [2.45, 2.75) is 17.5 Å². The number of halogens is 3. The van der Waals surface area contributed by atoms with Crippen LogP contribution in [0.25, 0.3) is 0 Å². The predicted molar refractivity (Wildman–Crippen MR) is 95.3 cm³/mol. The molecule has 2 aromatic rings. The molecule has 0 spiro atoms. The normalized spacial score (nSPS) is 25.1. The van der Waals surface area contributed by atoms with Gasteiger partial charge in [-0.1, -0.05) is 18.2 Å². The molecular formula is C18H15F3N2O4S. The van der Waals surface area contributed by atoms with E-state index in [1.165, 1.54) is 16.4 Å². The van der Waals surface area contributed by atoms with Crippen LogP contribution in [0.5, 0.6) is 5.75 Å². The average molecular weight is 412 g/mol. The Morgan fingerprint density at radius 2 is 1.75 bits per heavy atom. The molecule has 0 radical (unpaired) electrons. The fraction of sp³-hybridized carbons (Fsp3) is 0.278. The first-order valence-electron chi connectivity index (χ1n) is 8.38. The fourth-order valence-corrected chi connectivity index (χ4v) is 5.90. The molecule has 4 rings (SSSR count). The van der Waals surface area contributed by atoms with Gasteiger partial charge in [0.2, 0.25) is 15.9 Å². The van der Waals surface area contributed by atoms with E-state index in [1.54, 1.807) is 30.3 Å². The maximum atomic E-state index is 13.0. The third-order valence-corrected chi connectivity index (χ3v) is 7.51. The van der Waals surface area contributed by atoms with Gasteiger partial charge in [0.25, 0.3) is 0 Å². The standard InChI is InChI=1S/C18H15F3N2O4S/c19-18(20,21)27-15-8-6-13(7-9-15)22-16(24)17-10-12(17)11-23(28(17,25)26)14-4-2-1-3-5-14/h1-9,12H,10-11H2,(H,22,24)/t12-,17+/m0/s1. The summed E-state index contributed by atoms with van der Waals surface area (Å²) in [5, 5.41) is 2.50. The first-order chi connectivity index (χ1) is 13.1. The minimum atomic E-state index is -4.82. The molecule has 2 fully saturated rings. The lowest BCUT2D eigenvalue weighted by molar-refractivity contribution is -0.274. The average Bonchev–Trinajstić information content (AvgIpc) is 3.32. The molecule has 1 amide bonds. The summed E-state index contributed by atoms with van der Waals surface area (Å²) >= 11 is 0. The van der Waals surface area contributed by atoms with Gasteiger partial charge in [0.05, 0.1) is 5.69 Å². The van der Waals surface area contributed by atoms with Gasteiger partial charge in [-0.3, -0.25) is 9.10 Å². The number of hydrogen-bond acceptors (Lipinski definition) is 4. The Morgan fingerprint density at radius 1 is 1.11 bits per heavy atom. The van der Waals surface area contributed by atoms with E-state index in [0.29, 0.717) is 5.69 Å². The van der Waals surface area contributed by atoms with Crippen molar-refractivity contribution in [1.29, 1.82) is 0 Å². The Bertz CT molecular complexity index is 1010. The summed E-state index contributed by atoms with van der Waals surface area (Å²) in [7, 11) is -3.91. The molecule has 2 aromatic carbocycles. The summed E-state index contributed by atoms with van der Waals surface area (Å²) in [6, 6.07) is 13.1. The van der Waals surface area contributed by atoms with Crippen molar-refractivity contribution in [2.24, 2.45) is 5.92 Å². The molecule has 10 heteroatoms. The first-order valence-corrected chi connectivity index (χ1v) is 9.82. The van der Waals surface area contributed by atoms with Crippen LogP contribution in [0, 0.1) is 5.92 Å². The molecule has 2 aliphatic rings. The van der Waals surface area contributed by atoms with Crippen LogP contribution >= 0.6 is 0 Å². The second kappa shape index (κ2) is 6.13. The quantitative estimate of drug-likeness (QED) is 0.837. The van der Waals surface area contributed by atoms with Crippen LogP contribution in [0.2, 0.25) is 0 Å². The van der Waals surface area contributed by atoms with Gasteiger partial charge in [-0.25, -0.2) is 8.42 Å². The highest BCUT2D eigenvalue weighted by atomic mass is 32.2. The Morgan fingerprint density at radius 3 is 2.36 bits per heavy atom. The third kappa shape index (κ3) is 2.97. The predicted octanol–water partition coefficient (Wildman–Crippen LogP) is 3.13. The van der Waals surface area contributed by atoms with E-state index >= 15 is 0 Å². The monoisotopic (exact) mass is 412 g/mol. The van der Waals surface area contributed by atoms with Gasteiger partial charge in [0.1, 0.15) is 5.75 Å². The van der Waals surface area contributed by atoms with Crippen molar-refractivity contribution < 1.29 is 31.1 Å². The highest BCUT2D eigenvalue weighted by Crippen LogP contribution is 2.58. The van der Waals surface area contributed by atoms with Crippen molar-refractivity contribution in [3.05, 3.63) is 54.6 Å². The second-order valence-corrected chi connectivity index (χ2v) is 8.81. The van der Waals surface area contributed by atoms with E-state index in [9.17, 15) is 26.4 Å². The topological polar surface area (TPSA) is 75.7 Å². The van der Waals surface area contributed by atoms with Gasteiger partial charge >= 0.3 is 6.36 Å². The van der Waals surface area contributed by atoms with Crippen LogP contribution in [0.3, 0.4) is 0 Å². The van der Waals surface area contributed by atoms with E-state index in [4.69, 9.17) is 0 Å². The summed E-state index contributed by atoms with van der Waals surface area (Å²) in [6.07, 6.45) is -4.59.